The lowest BCUT2D eigenvalue weighted by Crippen LogP contribution is -2.65. The maximum absolute atomic E-state index is 12.9. The molecule has 4 aliphatic carbocycles. The van der Waals surface area contributed by atoms with Crippen molar-refractivity contribution in [3.8, 4) is 0 Å². The standard InChI is InChI=1S/C32H50O5/c1-18(16-23(36-19(2)33)27-29(5,6)37-27)20-10-14-31(8)21(20)17-22(34)26-30(7)13-12-25(35)28(3,4)24(30)11-15-32(26,31)9/h18,22-24,26-27,34H,10-17H2,1-9H3/t18?,22?,23?,24?,26-,27?,30-,31-,32?/m0/s1. The van der Waals surface area contributed by atoms with Gasteiger partial charge in [0, 0.05) is 18.8 Å². The summed E-state index contributed by atoms with van der Waals surface area (Å²) < 4.78 is 11.7. The highest BCUT2D eigenvalue weighted by molar-refractivity contribution is 5.85. The number of allylic oxidation sites excluding steroid dienone is 1. The molecule has 5 heteroatoms. The molecule has 6 unspecified atom stereocenters. The number of hydrogen-bond acceptors (Lipinski definition) is 5. The minimum atomic E-state index is -0.389. The number of epoxide rings is 1. The van der Waals surface area contributed by atoms with E-state index in [1.807, 2.05) is 0 Å². The summed E-state index contributed by atoms with van der Waals surface area (Å²) in [6.07, 6.45) is 6.64. The second-order valence-corrected chi connectivity index (χ2v) is 15.2. The Bertz CT molecular complexity index is 1020. The minimum Gasteiger partial charge on any atom is -0.460 e. The third-order valence-electron chi connectivity index (χ3n) is 12.5. The van der Waals surface area contributed by atoms with Crippen molar-refractivity contribution in [3.63, 3.8) is 0 Å². The van der Waals surface area contributed by atoms with E-state index >= 15 is 0 Å². The summed E-state index contributed by atoms with van der Waals surface area (Å²) in [5.74, 6) is 0.947. The van der Waals surface area contributed by atoms with E-state index in [0.717, 1.165) is 44.9 Å². The molecule has 37 heavy (non-hydrogen) atoms. The Kier molecular flexibility index (Phi) is 6.21. The van der Waals surface area contributed by atoms with E-state index in [1.165, 1.54) is 18.1 Å². The van der Waals surface area contributed by atoms with Gasteiger partial charge in [0.1, 0.15) is 18.0 Å². The molecule has 9 atom stereocenters. The van der Waals surface area contributed by atoms with Gasteiger partial charge >= 0.3 is 5.97 Å². The quantitative estimate of drug-likeness (QED) is 0.261. The largest absolute Gasteiger partial charge is 0.460 e. The molecule has 208 valence electrons. The molecule has 5 rings (SSSR count). The first-order chi connectivity index (χ1) is 17.0. The Morgan fingerprint density at radius 2 is 1.73 bits per heavy atom. The summed E-state index contributed by atoms with van der Waals surface area (Å²) in [7, 11) is 0. The van der Waals surface area contributed by atoms with Crippen LogP contribution in [0, 0.1) is 39.4 Å². The lowest BCUT2D eigenvalue weighted by molar-refractivity contribution is -0.208. The fourth-order valence-corrected chi connectivity index (χ4v) is 10.4. The molecule has 1 N–H and O–H groups in total. The van der Waals surface area contributed by atoms with Crippen molar-refractivity contribution >= 4 is 11.8 Å². The van der Waals surface area contributed by atoms with Gasteiger partial charge in [-0.2, -0.15) is 0 Å². The predicted octanol–water partition coefficient (Wildman–Crippen LogP) is 6.41. The van der Waals surface area contributed by atoms with Gasteiger partial charge in [-0.25, -0.2) is 0 Å². The van der Waals surface area contributed by atoms with Crippen LogP contribution in [0.2, 0.25) is 0 Å². The number of ketones is 1. The van der Waals surface area contributed by atoms with E-state index in [-0.39, 0.29) is 63.4 Å². The highest BCUT2D eigenvalue weighted by Crippen LogP contribution is 2.74. The van der Waals surface area contributed by atoms with Gasteiger partial charge in [-0.1, -0.05) is 52.7 Å². The first-order valence-corrected chi connectivity index (χ1v) is 14.8. The molecule has 0 aromatic rings. The molecule has 0 amide bonds. The molecule has 1 saturated heterocycles. The van der Waals surface area contributed by atoms with E-state index in [1.54, 1.807) is 0 Å². The fraction of sp³-hybridized carbons (Fsp3) is 0.875. The molecule has 0 bridgehead atoms. The normalized spacial score (nSPS) is 45.4. The average molecular weight is 515 g/mol. The van der Waals surface area contributed by atoms with Crippen LogP contribution >= 0.6 is 0 Å². The van der Waals surface area contributed by atoms with Crippen molar-refractivity contribution in [2.75, 3.05) is 0 Å². The van der Waals surface area contributed by atoms with Gasteiger partial charge in [-0.05, 0) is 92.8 Å². The third-order valence-corrected chi connectivity index (χ3v) is 12.5. The number of fused-ring (bicyclic) bond motifs is 5. The van der Waals surface area contributed by atoms with Crippen LogP contribution in [0.3, 0.4) is 0 Å². The number of hydrogen-bond donors (Lipinski definition) is 1. The van der Waals surface area contributed by atoms with Crippen LogP contribution < -0.4 is 0 Å². The molecular weight excluding hydrogens is 464 g/mol. The van der Waals surface area contributed by atoms with Gasteiger partial charge in [0.25, 0.3) is 0 Å². The summed E-state index contributed by atoms with van der Waals surface area (Å²) in [6, 6.07) is 0. The number of carbonyl (C=O) groups excluding carboxylic acids is 2. The summed E-state index contributed by atoms with van der Waals surface area (Å²) in [5.41, 5.74) is 2.41. The highest BCUT2D eigenvalue weighted by Gasteiger charge is 2.69. The van der Waals surface area contributed by atoms with E-state index in [9.17, 15) is 14.7 Å². The molecule has 5 nitrogen and oxygen atoms in total. The number of carbonyl (C=O) groups is 2. The topological polar surface area (TPSA) is 76.1 Å². The molecule has 1 aliphatic heterocycles. The number of Topliss-reactive ketones (excluding diaryl/α,β-unsaturated/α-hetero) is 1. The molecule has 0 spiro atoms. The average Bonchev–Trinajstić information content (AvgIpc) is 3.27. The van der Waals surface area contributed by atoms with Crippen LogP contribution in [0.4, 0.5) is 0 Å². The Balaban J connectivity index is 1.46. The van der Waals surface area contributed by atoms with Crippen molar-refractivity contribution in [2.45, 2.75) is 138 Å². The van der Waals surface area contributed by atoms with E-state index in [0.29, 0.717) is 18.1 Å². The van der Waals surface area contributed by atoms with E-state index < -0.39 is 0 Å². The number of aliphatic hydroxyl groups excluding tert-OH is 1. The Hall–Kier alpha value is -1.20. The number of aliphatic hydroxyl groups is 1. The highest BCUT2D eigenvalue weighted by atomic mass is 16.6. The molecule has 5 aliphatic rings. The first kappa shape index (κ1) is 27.4. The van der Waals surface area contributed by atoms with Crippen molar-refractivity contribution < 1.29 is 24.2 Å². The summed E-state index contributed by atoms with van der Waals surface area (Å²) in [6.45, 7) is 19.5. The SMILES string of the molecule is CC(=O)OC(CC(C)C1=C2CC(O)[C@@H]3C(C)(CCC4C(C)(C)C(=O)CC[C@@]43C)[C@@]2(C)CC1)C1OC1(C)C. The molecular formula is C32H50O5. The maximum Gasteiger partial charge on any atom is 0.302 e. The molecule has 0 radical (unpaired) electrons. The molecule has 0 aromatic carbocycles. The summed E-state index contributed by atoms with van der Waals surface area (Å²) in [5, 5.41) is 11.9. The van der Waals surface area contributed by atoms with E-state index in [2.05, 4.69) is 55.4 Å². The van der Waals surface area contributed by atoms with Gasteiger partial charge in [0.2, 0.25) is 0 Å². The lowest BCUT2D eigenvalue weighted by Gasteiger charge is -2.69. The van der Waals surface area contributed by atoms with Crippen molar-refractivity contribution in [1.29, 1.82) is 0 Å². The zero-order chi connectivity index (χ0) is 27.3. The van der Waals surface area contributed by atoms with Crippen LogP contribution in [0.5, 0.6) is 0 Å². The fourth-order valence-electron chi connectivity index (χ4n) is 10.4. The van der Waals surface area contributed by atoms with Crippen LogP contribution in [0.1, 0.15) is 114 Å². The second kappa shape index (κ2) is 8.40. The van der Waals surface area contributed by atoms with Crippen LogP contribution in [0.15, 0.2) is 11.1 Å². The number of rotatable bonds is 5. The summed E-state index contributed by atoms with van der Waals surface area (Å²) >= 11 is 0. The van der Waals surface area contributed by atoms with Crippen LogP contribution in [-0.4, -0.2) is 40.8 Å². The Morgan fingerprint density at radius 1 is 1.08 bits per heavy atom. The molecule has 1 heterocycles. The summed E-state index contributed by atoms with van der Waals surface area (Å²) in [4.78, 5) is 24.8. The number of esters is 1. The first-order valence-electron chi connectivity index (χ1n) is 14.8. The Morgan fingerprint density at radius 3 is 2.32 bits per heavy atom. The number of ether oxygens (including phenoxy) is 2. The van der Waals surface area contributed by atoms with Crippen LogP contribution in [0.25, 0.3) is 0 Å². The van der Waals surface area contributed by atoms with Gasteiger partial charge < -0.3 is 14.6 Å². The second-order valence-electron chi connectivity index (χ2n) is 15.2. The third kappa shape index (κ3) is 3.84. The minimum absolute atomic E-state index is 0.0000676. The Labute approximate surface area is 224 Å². The van der Waals surface area contributed by atoms with Gasteiger partial charge in [0.15, 0.2) is 0 Å². The van der Waals surface area contributed by atoms with Gasteiger partial charge in [0.05, 0.1) is 11.7 Å². The van der Waals surface area contributed by atoms with Crippen molar-refractivity contribution in [1.82, 2.24) is 0 Å². The molecule has 0 aromatic heterocycles. The van der Waals surface area contributed by atoms with Gasteiger partial charge in [-0.15, -0.1) is 0 Å². The lowest BCUT2D eigenvalue weighted by atomic mass is 9.36. The van der Waals surface area contributed by atoms with Crippen molar-refractivity contribution in [3.05, 3.63) is 11.1 Å². The van der Waals surface area contributed by atoms with Crippen LogP contribution in [-0.2, 0) is 19.1 Å². The zero-order valence-electron chi connectivity index (χ0n) is 24.7. The molecule has 4 fully saturated rings. The monoisotopic (exact) mass is 514 g/mol. The zero-order valence-corrected chi connectivity index (χ0v) is 24.7. The molecule has 3 saturated carbocycles. The van der Waals surface area contributed by atoms with Crippen molar-refractivity contribution in [2.24, 2.45) is 39.4 Å². The smallest absolute Gasteiger partial charge is 0.302 e. The van der Waals surface area contributed by atoms with Gasteiger partial charge in [-0.3, -0.25) is 9.59 Å². The van der Waals surface area contributed by atoms with E-state index in [4.69, 9.17) is 9.47 Å². The predicted molar refractivity (Wildman–Crippen MR) is 144 cm³/mol. The maximum atomic E-state index is 12.9.